The van der Waals surface area contributed by atoms with Gasteiger partial charge in [-0.15, -0.1) is 0 Å². The molecule has 1 aliphatic heterocycles. The van der Waals surface area contributed by atoms with Gasteiger partial charge in [0, 0.05) is 25.7 Å². The number of hydrogen-bond donors (Lipinski definition) is 2. The maximum Gasteiger partial charge on any atom is 0.115 e. The Morgan fingerprint density at radius 2 is 2.27 bits per heavy atom. The molecule has 0 bridgehead atoms. The number of likely N-dealkylation sites (tertiary alicyclic amines) is 1. The normalized spacial score (nSPS) is 27.1. The first-order valence-electron chi connectivity index (χ1n) is 5.41. The van der Waals surface area contributed by atoms with Crippen molar-refractivity contribution in [1.29, 1.82) is 0 Å². The Kier molecular flexibility index (Phi) is 2.93. The molecule has 3 heteroatoms. The van der Waals surface area contributed by atoms with Crippen LogP contribution in [-0.4, -0.2) is 29.1 Å². The van der Waals surface area contributed by atoms with Gasteiger partial charge in [0.1, 0.15) is 5.75 Å². The smallest absolute Gasteiger partial charge is 0.115 e. The topological polar surface area (TPSA) is 49.5 Å². The highest BCUT2D eigenvalue weighted by Gasteiger charge is 2.26. The zero-order valence-electron chi connectivity index (χ0n) is 9.06. The average molecular weight is 206 g/mol. The number of benzene rings is 1. The zero-order chi connectivity index (χ0) is 10.8. The summed E-state index contributed by atoms with van der Waals surface area (Å²) < 4.78 is 0. The van der Waals surface area contributed by atoms with E-state index in [4.69, 9.17) is 5.73 Å². The van der Waals surface area contributed by atoms with Crippen molar-refractivity contribution in [2.45, 2.75) is 19.5 Å². The quantitative estimate of drug-likeness (QED) is 0.763. The Bertz CT molecular complexity index is 330. The third-order valence-electron chi connectivity index (χ3n) is 3.06. The molecule has 1 aromatic rings. The molecule has 0 aromatic heterocycles. The van der Waals surface area contributed by atoms with E-state index in [1.165, 1.54) is 0 Å². The number of phenols is 1. The van der Waals surface area contributed by atoms with E-state index in [-0.39, 0.29) is 0 Å². The fourth-order valence-corrected chi connectivity index (χ4v) is 2.14. The zero-order valence-corrected chi connectivity index (χ0v) is 9.06. The Morgan fingerprint density at radius 3 is 2.87 bits per heavy atom. The molecular weight excluding hydrogens is 188 g/mol. The van der Waals surface area contributed by atoms with Crippen LogP contribution in [0.15, 0.2) is 24.3 Å². The third-order valence-corrected chi connectivity index (χ3v) is 3.06. The van der Waals surface area contributed by atoms with Crippen LogP contribution in [0.1, 0.15) is 12.5 Å². The molecular formula is C12H18N2O. The summed E-state index contributed by atoms with van der Waals surface area (Å²) in [5.41, 5.74) is 7.11. The summed E-state index contributed by atoms with van der Waals surface area (Å²) in [7, 11) is 0. The standard InChI is InChI=1S/C12H18N2O/c1-9-6-14(8-12(9)13)7-10-3-2-4-11(15)5-10/h2-5,9,12,15H,6-8,13H2,1H3. The Balaban J connectivity index is 1.98. The minimum Gasteiger partial charge on any atom is -0.508 e. The summed E-state index contributed by atoms with van der Waals surface area (Å²) >= 11 is 0. The molecule has 1 aliphatic rings. The molecule has 0 saturated carbocycles. The number of nitrogens with zero attached hydrogens (tertiary/aromatic N) is 1. The molecule has 82 valence electrons. The highest BCUT2D eigenvalue weighted by molar-refractivity contribution is 5.27. The predicted octanol–water partition coefficient (Wildman–Crippen LogP) is 1.17. The summed E-state index contributed by atoms with van der Waals surface area (Å²) in [6.45, 7) is 5.08. The molecule has 3 N–H and O–H groups in total. The Morgan fingerprint density at radius 1 is 1.47 bits per heavy atom. The van der Waals surface area contributed by atoms with Gasteiger partial charge in [0.05, 0.1) is 0 Å². The summed E-state index contributed by atoms with van der Waals surface area (Å²) in [6, 6.07) is 7.72. The molecule has 2 atom stereocenters. The van der Waals surface area contributed by atoms with Gasteiger partial charge in [-0.05, 0) is 23.6 Å². The highest BCUT2D eigenvalue weighted by Crippen LogP contribution is 2.19. The molecule has 1 heterocycles. The molecule has 0 aliphatic carbocycles. The van der Waals surface area contributed by atoms with Crippen molar-refractivity contribution >= 4 is 0 Å². The van der Waals surface area contributed by atoms with E-state index in [1.807, 2.05) is 18.2 Å². The van der Waals surface area contributed by atoms with Crippen molar-refractivity contribution in [2.75, 3.05) is 13.1 Å². The van der Waals surface area contributed by atoms with Crippen molar-refractivity contribution in [2.24, 2.45) is 11.7 Å². The van der Waals surface area contributed by atoms with E-state index in [0.717, 1.165) is 25.2 Å². The summed E-state index contributed by atoms with van der Waals surface area (Å²) in [5.74, 6) is 0.909. The van der Waals surface area contributed by atoms with Crippen LogP contribution in [0.5, 0.6) is 5.75 Å². The molecule has 0 radical (unpaired) electrons. The molecule has 0 amide bonds. The van der Waals surface area contributed by atoms with Crippen LogP contribution in [0.25, 0.3) is 0 Å². The largest absolute Gasteiger partial charge is 0.508 e. The molecule has 0 spiro atoms. The molecule has 3 nitrogen and oxygen atoms in total. The summed E-state index contributed by atoms with van der Waals surface area (Å²) in [5, 5.41) is 9.35. The SMILES string of the molecule is CC1CN(Cc2cccc(O)c2)CC1N. The first-order chi connectivity index (χ1) is 7.15. The lowest BCUT2D eigenvalue weighted by atomic mass is 10.1. The van der Waals surface area contributed by atoms with Gasteiger partial charge < -0.3 is 10.8 Å². The number of nitrogens with two attached hydrogens (primary N) is 1. The summed E-state index contributed by atoms with van der Waals surface area (Å²) in [6.07, 6.45) is 0. The Hall–Kier alpha value is -1.06. The number of phenolic OH excluding ortho intramolecular Hbond substituents is 1. The second kappa shape index (κ2) is 4.21. The van der Waals surface area contributed by atoms with Crippen molar-refractivity contribution in [3.63, 3.8) is 0 Å². The van der Waals surface area contributed by atoms with Gasteiger partial charge in [0.25, 0.3) is 0 Å². The van der Waals surface area contributed by atoms with Crippen LogP contribution >= 0.6 is 0 Å². The lowest BCUT2D eigenvalue weighted by Gasteiger charge is -2.15. The van der Waals surface area contributed by atoms with E-state index in [0.29, 0.717) is 17.7 Å². The van der Waals surface area contributed by atoms with Crippen LogP contribution in [0.2, 0.25) is 0 Å². The van der Waals surface area contributed by atoms with E-state index in [1.54, 1.807) is 6.07 Å². The minimum absolute atomic E-state index is 0.294. The minimum atomic E-state index is 0.294. The average Bonchev–Trinajstić information content (AvgIpc) is 2.45. The predicted molar refractivity (Wildman–Crippen MR) is 60.5 cm³/mol. The van der Waals surface area contributed by atoms with Crippen molar-refractivity contribution in [3.05, 3.63) is 29.8 Å². The van der Waals surface area contributed by atoms with E-state index in [2.05, 4.69) is 11.8 Å². The van der Waals surface area contributed by atoms with Gasteiger partial charge in [0.2, 0.25) is 0 Å². The van der Waals surface area contributed by atoms with E-state index < -0.39 is 0 Å². The van der Waals surface area contributed by atoms with Crippen LogP contribution in [-0.2, 0) is 6.54 Å². The van der Waals surface area contributed by atoms with Gasteiger partial charge in [-0.3, -0.25) is 4.90 Å². The first-order valence-corrected chi connectivity index (χ1v) is 5.41. The van der Waals surface area contributed by atoms with Crippen LogP contribution in [0.4, 0.5) is 0 Å². The van der Waals surface area contributed by atoms with Gasteiger partial charge in [-0.25, -0.2) is 0 Å². The lowest BCUT2D eigenvalue weighted by Crippen LogP contribution is -2.28. The Labute approximate surface area is 90.5 Å². The van der Waals surface area contributed by atoms with Crippen molar-refractivity contribution in [1.82, 2.24) is 4.90 Å². The maximum atomic E-state index is 9.35. The second-order valence-electron chi connectivity index (χ2n) is 4.51. The lowest BCUT2D eigenvalue weighted by molar-refractivity contribution is 0.318. The fraction of sp³-hybridized carbons (Fsp3) is 0.500. The number of hydrogen-bond acceptors (Lipinski definition) is 3. The van der Waals surface area contributed by atoms with Gasteiger partial charge in [0.15, 0.2) is 0 Å². The second-order valence-corrected chi connectivity index (χ2v) is 4.51. The molecule has 2 unspecified atom stereocenters. The van der Waals surface area contributed by atoms with E-state index in [9.17, 15) is 5.11 Å². The highest BCUT2D eigenvalue weighted by atomic mass is 16.3. The van der Waals surface area contributed by atoms with Crippen molar-refractivity contribution < 1.29 is 5.11 Å². The molecule has 15 heavy (non-hydrogen) atoms. The van der Waals surface area contributed by atoms with Crippen LogP contribution in [0, 0.1) is 5.92 Å². The summed E-state index contributed by atoms with van der Waals surface area (Å²) in [4.78, 5) is 2.34. The van der Waals surface area contributed by atoms with Gasteiger partial charge in [-0.1, -0.05) is 19.1 Å². The maximum absolute atomic E-state index is 9.35. The monoisotopic (exact) mass is 206 g/mol. The fourth-order valence-electron chi connectivity index (χ4n) is 2.14. The first kappa shape index (κ1) is 10.5. The van der Waals surface area contributed by atoms with Crippen LogP contribution in [0.3, 0.4) is 0 Å². The van der Waals surface area contributed by atoms with Gasteiger partial charge in [-0.2, -0.15) is 0 Å². The molecule has 1 fully saturated rings. The van der Waals surface area contributed by atoms with E-state index >= 15 is 0 Å². The van der Waals surface area contributed by atoms with Crippen molar-refractivity contribution in [3.8, 4) is 5.75 Å². The molecule has 1 aromatic carbocycles. The number of aromatic hydroxyl groups is 1. The third kappa shape index (κ3) is 2.49. The molecule has 2 rings (SSSR count). The van der Waals surface area contributed by atoms with Crippen LogP contribution < -0.4 is 5.73 Å². The van der Waals surface area contributed by atoms with Gasteiger partial charge >= 0.3 is 0 Å². The number of rotatable bonds is 2. The molecule has 1 saturated heterocycles.